The highest BCUT2D eigenvalue weighted by atomic mass is 32.1. The number of fused-ring (bicyclic) bond motifs is 1. The summed E-state index contributed by atoms with van der Waals surface area (Å²) in [6, 6.07) is 12.0. The van der Waals surface area contributed by atoms with Crippen molar-refractivity contribution < 1.29 is 19.4 Å². The Morgan fingerprint density at radius 1 is 1.18 bits per heavy atom. The SMILES string of the molecule is C=CCOc1ccc([C@H]2C(C(=O)OCC)=C(C)N=c3s/c(=C\c4ccc(N(CC)CC)cc4O)c(=O)n32)cc1. The van der Waals surface area contributed by atoms with Crippen LogP contribution in [0.25, 0.3) is 6.08 Å². The Kier molecular flexibility index (Phi) is 8.71. The van der Waals surface area contributed by atoms with Crippen molar-refractivity contribution in [3.05, 3.63) is 97.2 Å². The van der Waals surface area contributed by atoms with Gasteiger partial charge in [0.2, 0.25) is 0 Å². The second-order valence-corrected chi connectivity index (χ2v) is 9.90. The predicted molar refractivity (Wildman–Crippen MR) is 154 cm³/mol. The van der Waals surface area contributed by atoms with Crippen molar-refractivity contribution in [3.63, 3.8) is 0 Å². The standard InChI is InChI=1S/C30H33N3O5S/c1-6-16-38-23-14-11-20(12-15-23)27-26(29(36)37-9-4)19(5)31-30-33(27)28(35)25(39-30)17-21-10-13-22(18-24(21)34)32(7-2)8-3/h6,10-15,17-18,27,34H,1,7-9,16H2,2-5H3/b25-17-/t27-/m0/s1. The van der Waals surface area contributed by atoms with Crippen LogP contribution in [0, 0.1) is 0 Å². The van der Waals surface area contributed by atoms with Crippen LogP contribution >= 0.6 is 11.3 Å². The number of phenols is 1. The zero-order valence-corrected chi connectivity index (χ0v) is 23.5. The molecule has 2 aromatic carbocycles. The lowest BCUT2D eigenvalue weighted by molar-refractivity contribution is -0.139. The van der Waals surface area contributed by atoms with E-state index in [1.165, 1.54) is 15.9 Å². The van der Waals surface area contributed by atoms with E-state index in [9.17, 15) is 14.7 Å². The molecule has 204 valence electrons. The Hall–Kier alpha value is -4.11. The average Bonchev–Trinajstić information content (AvgIpc) is 3.23. The molecule has 8 nitrogen and oxygen atoms in total. The molecule has 9 heteroatoms. The number of carbonyl (C=O) groups excluding carboxylic acids is 1. The van der Waals surface area contributed by atoms with Crippen LogP contribution in [0.4, 0.5) is 5.69 Å². The summed E-state index contributed by atoms with van der Waals surface area (Å²) in [7, 11) is 0. The minimum Gasteiger partial charge on any atom is -0.507 e. The number of nitrogens with zero attached hydrogens (tertiary/aromatic N) is 3. The van der Waals surface area contributed by atoms with Crippen LogP contribution < -0.4 is 24.5 Å². The molecule has 2 heterocycles. The highest BCUT2D eigenvalue weighted by molar-refractivity contribution is 7.07. The molecular weight excluding hydrogens is 514 g/mol. The van der Waals surface area contributed by atoms with Crippen molar-refractivity contribution in [2.75, 3.05) is 31.2 Å². The molecule has 4 rings (SSSR count). The molecule has 1 atom stereocenters. The van der Waals surface area contributed by atoms with Crippen molar-refractivity contribution in [2.24, 2.45) is 4.99 Å². The van der Waals surface area contributed by atoms with E-state index in [2.05, 4.69) is 30.3 Å². The van der Waals surface area contributed by atoms with Crippen LogP contribution in [-0.2, 0) is 9.53 Å². The molecule has 1 aromatic heterocycles. The third-order valence-corrected chi connectivity index (χ3v) is 7.49. The first kappa shape index (κ1) is 27.9. The number of hydrogen-bond donors (Lipinski definition) is 1. The van der Waals surface area contributed by atoms with Gasteiger partial charge in [0.15, 0.2) is 4.80 Å². The topological polar surface area (TPSA) is 93.4 Å². The summed E-state index contributed by atoms with van der Waals surface area (Å²) < 4.78 is 12.9. The smallest absolute Gasteiger partial charge is 0.338 e. The number of thiazole rings is 1. The van der Waals surface area contributed by atoms with E-state index in [4.69, 9.17) is 9.47 Å². The number of phenolic OH excluding ortho intramolecular Hbond substituents is 1. The van der Waals surface area contributed by atoms with Crippen molar-refractivity contribution in [3.8, 4) is 11.5 Å². The summed E-state index contributed by atoms with van der Waals surface area (Å²) in [6.45, 7) is 13.5. The molecule has 0 saturated carbocycles. The number of hydrogen-bond acceptors (Lipinski definition) is 8. The number of allylic oxidation sites excluding steroid dienone is 1. The number of rotatable bonds is 10. The number of benzene rings is 2. The van der Waals surface area contributed by atoms with Gasteiger partial charge in [-0.05, 0) is 63.6 Å². The van der Waals surface area contributed by atoms with Crippen LogP contribution in [0.5, 0.6) is 11.5 Å². The zero-order valence-electron chi connectivity index (χ0n) is 22.6. The van der Waals surface area contributed by atoms with Crippen molar-refractivity contribution in [1.82, 2.24) is 4.57 Å². The molecule has 0 amide bonds. The largest absolute Gasteiger partial charge is 0.507 e. The highest BCUT2D eigenvalue weighted by Crippen LogP contribution is 2.32. The fraction of sp³-hybridized carbons (Fsp3) is 0.300. The third kappa shape index (κ3) is 5.68. The molecule has 0 fully saturated rings. The van der Waals surface area contributed by atoms with Gasteiger partial charge in [0.25, 0.3) is 5.56 Å². The summed E-state index contributed by atoms with van der Waals surface area (Å²) in [5.41, 5.74) is 2.64. The maximum Gasteiger partial charge on any atom is 0.338 e. The van der Waals surface area contributed by atoms with Gasteiger partial charge >= 0.3 is 5.97 Å². The van der Waals surface area contributed by atoms with Gasteiger partial charge in [-0.25, -0.2) is 9.79 Å². The van der Waals surface area contributed by atoms with Gasteiger partial charge in [-0.1, -0.05) is 36.1 Å². The maximum absolute atomic E-state index is 13.8. The zero-order chi connectivity index (χ0) is 28.1. The van der Waals surface area contributed by atoms with Gasteiger partial charge in [0, 0.05) is 30.4 Å². The molecule has 1 aliphatic heterocycles. The third-order valence-electron chi connectivity index (χ3n) is 6.51. The van der Waals surface area contributed by atoms with Crippen LogP contribution in [0.3, 0.4) is 0 Å². The van der Waals surface area contributed by atoms with Crippen molar-refractivity contribution >= 4 is 29.1 Å². The van der Waals surface area contributed by atoms with E-state index in [0.29, 0.717) is 38.5 Å². The summed E-state index contributed by atoms with van der Waals surface area (Å²) in [4.78, 5) is 34.1. The predicted octanol–water partition coefficient (Wildman–Crippen LogP) is 3.91. The van der Waals surface area contributed by atoms with Gasteiger partial charge in [-0.3, -0.25) is 9.36 Å². The van der Waals surface area contributed by atoms with E-state index >= 15 is 0 Å². The summed E-state index contributed by atoms with van der Waals surface area (Å²) in [6.07, 6.45) is 3.32. The monoisotopic (exact) mass is 547 g/mol. The Bertz CT molecular complexity index is 1580. The quantitative estimate of drug-likeness (QED) is 0.306. The minimum absolute atomic E-state index is 0.0836. The lowest BCUT2D eigenvalue weighted by Gasteiger charge is -2.24. The number of aromatic hydroxyl groups is 1. The Morgan fingerprint density at radius 3 is 2.51 bits per heavy atom. The fourth-order valence-electron chi connectivity index (χ4n) is 4.59. The van der Waals surface area contributed by atoms with Gasteiger partial charge in [0.1, 0.15) is 18.1 Å². The number of carbonyl (C=O) groups is 1. The molecule has 1 N–H and O–H groups in total. The Morgan fingerprint density at radius 2 is 1.90 bits per heavy atom. The number of ether oxygens (including phenoxy) is 2. The second kappa shape index (κ2) is 12.2. The van der Waals surface area contributed by atoms with E-state index in [-0.39, 0.29) is 17.9 Å². The molecule has 0 aliphatic carbocycles. The second-order valence-electron chi connectivity index (χ2n) is 8.89. The van der Waals surface area contributed by atoms with E-state index in [0.717, 1.165) is 24.3 Å². The average molecular weight is 548 g/mol. The first-order valence-electron chi connectivity index (χ1n) is 12.9. The van der Waals surface area contributed by atoms with Crippen LogP contribution in [0.15, 0.2) is 76.2 Å². The molecule has 0 bridgehead atoms. The van der Waals surface area contributed by atoms with Crippen LogP contribution in [-0.4, -0.2) is 41.9 Å². The summed E-state index contributed by atoms with van der Waals surface area (Å²) >= 11 is 1.21. The van der Waals surface area contributed by atoms with Gasteiger partial charge in [0.05, 0.1) is 28.5 Å². The highest BCUT2D eigenvalue weighted by Gasteiger charge is 2.33. The molecule has 3 aromatic rings. The first-order valence-corrected chi connectivity index (χ1v) is 13.8. The van der Waals surface area contributed by atoms with Gasteiger partial charge in [-0.2, -0.15) is 0 Å². The number of aromatic nitrogens is 1. The number of anilines is 1. The molecule has 1 aliphatic rings. The van der Waals surface area contributed by atoms with Gasteiger partial charge in [-0.15, -0.1) is 0 Å². The fourth-order valence-corrected chi connectivity index (χ4v) is 5.63. The van der Waals surface area contributed by atoms with E-state index in [1.807, 2.05) is 18.2 Å². The lowest BCUT2D eigenvalue weighted by atomic mass is 9.96. The molecule has 0 radical (unpaired) electrons. The molecule has 0 spiro atoms. The Balaban J connectivity index is 1.85. The van der Waals surface area contributed by atoms with E-state index < -0.39 is 12.0 Å². The van der Waals surface area contributed by atoms with Gasteiger partial charge < -0.3 is 19.5 Å². The summed E-state index contributed by atoms with van der Waals surface area (Å²) in [5, 5.41) is 10.7. The summed E-state index contributed by atoms with van der Waals surface area (Å²) in [5.74, 6) is 0.211. The van der Waals surface area contributed by atoms with Crippen molar-refractivity contribution in [1.29, 1.82) is 0 Å². The molecule has 39 heavy (non-hydrogen) atoms. The maximum atomic E-state index is 13.8. The molecule has 0 saturated heterocycles. The first-order chi connectivity index (χ1) is 18.8. The normalized spacial score (nSPS) is 15.0. The molecule has 0 unspecified atom stereocenters. The number of esters is 1. The lowest BCUT2D eigenvalue weighted by Crippen LogP contribution is -2.39. The van der Waals surface area contributed by atoms with Crippen molar-refractivity contribution in [2.45, 2.75) is 33.7 Å². The van der Waals surface area contributed by atoms with Crippen LogP contribution in [0.1, 0.15) is 44.9 Å². The minimum atomic E-state index is -0.727. The van der Waals surface area contributed by atoms with Crippen LogP contribution in [0.2, 0.25) is 0 Å². The van der Waals surface area contributed by atoms with E-state index in [1.54, 1.807) is 50.3 Å². The Labute approximate surface area is 231 Å². The molecular formula is C30H33N3O5S.